The van der Waals surface area contributed by atoms with Crippen molar-refractivity contribution < 1.29 is 21.3 Å². The van der Waals surface area contributed by atoms with Crippen LogP contribution in [0.25, 0.3) is 0 Å². The molecule has 0 radical (unpaired) electrons. The number of aryl methyl sites for hydroxylation is 1. The molecule has 1 aromatic carbocycles. The number of hydrogen-bond acceptors (Lipinski definition) is 8. The third kappa shape index (κ3) is 7.81. The number of nitrogens with zero attached hydrogens (tertiary/aromatic N) is 2. The number of hydrogen-bond donors (Lipinski definition) is 3. The minimum absolute atomic E-state index is 0.0530. The molecule has 1 heterocycles. The molecular weight excluding hydrogens is 474 g/mol. The fourth-order valence-electron chi connectivity index (χ4n) is 2.70. The molecule has 32 heavy (non-hydrogen) atoms. The molecule has 0 saturated carbocycles. The molecule has 178 valence electrons. The summed E-state index contributed by atoms with van der Waals surface area (Å²) >= 11 is 1.63. The first-order valence-electron chi connectivity index (χ1n) is 9.59. The number of primary sulfonamides is 1. The highest BCUT2D eigenvalue weighted by Gasteiger charge is 2.21. The van der Waals surface area contributed by atoms with Crippen LogP contribution in [-0.2, 0) is 32.3 Å². The Morgan fingerprint density at radius 2 is 1.84 bits per heavy atom. The van der Waals surface area contributed by atoms with Crippen LogP contribution in [0.5, 0.6) is 0 Å². The zero-order chi connectivity index (χ0) is 23.9. The number of guanidine groups is 1. The van der Waals surface area contributed by atoms with Crippen LogP contribution in [0.3, 0.4) is 0 Å². The topological polar surface area (TPSA) is 147 Å². The van der Waals surface area contributed by atoms with E-state index in [1.54, 1.807) is 18.7 Å². The SMILES string of the molecule is CN=C(NCCSCc1ccc(CN(C)C)o1)NS(=O)(=O)c1cc(S(N)(=O)=O)ccc1C. The van der Waals surface area contributed by atoms with Crippen molar-refractivity contribution in [3.8, 4) is 0 Å². The van der Waals surface area contributed by atoms with Gasteiger partial charge in [0.1, 0.15) is 11.5 Å². The van der Waals surface area contributed by atoms with Gasteiger partial charge in [0, 0.05) is 19.3 Å². The Labute approximate surface area is 193 Å². The second-order valence-electron chi connectivity index (χ2n) is 7.24. The van der Waals surface area contributed by atoms with Crippen LogP contribution >= 0.6 is 11.8 Å². The fraction of sp³-hybridized carbons (Fsp3) is 0.421. The van der Waals surface area contributed by atoms with Gasteiger partial charge in [-0.3, -0.25) is 4.99 Å². The van der Waals surface area contributed by atoms with E-state index in [1.165, 1.54) is 19.2 Å². The summed E-state index contributed by atoms with van der Waals surface area (Å²) in [4.78, 5) is 5.48. The lowest BCUT2D eigenvalue weighted by atomic mass is 10.2. The van der Waals surface area contributed by atoms with Crippen molar-refractivity contribution in [2.75, 3.05) is 33.4 Å². The van der Waals surface area contributed by atoms with Crippen molar-refractivity contribution in [3.05, 3.63) is 47.4 Å². The van der Waals surface area contributed by atoms with Gasteiger partial charge in [-0.2, -0.15) is 11.8 Å². The molecule has 1 aromatic heterocycles. The minimum Gasteiger partial charge on any atom is -0.464 e. The molecule has 0 bridgehead atoms. The van der Waals surface area contributed by atoms with E-state index < -0.39 is 20.0 Å². The lowest BCUT2D eigenvalue weighted by molar-refractivity contribution is 0.344. The Balaban J connectivity index is 1.90. The molecule has 10 nitrogen and oxygen atoms in total. The van der Waals surface area contributed by atoms with Gasteiger partial charge in [0.25, 0.3) is 10.0 Å². The van der Waals surface area contributed by atoms with E-state index in [1.807, 2.05) is 31.1 Å². The molecular formula is C19H29N5O5S3. The highest BCUT2D eigenvalue weighted by atomic mass is 32.2. The predicted molar refractivity (Wildman–Crippen MR) is 126 cm³/mol. The van der Waals surface area contributed by atoms with Gasteiger partial charge in [0.2, 0.25) is 16.0 Å². The number of furan rings is 1. The smallest absolute Gasteiger partial charge is 0.264 e. The quantitative estimate of drug-likeness (QED) is 0.248. The van der Waals surface area contributed by atoms with E-state index in [0.717, 1.165) is 24.1 Å². The van der Waals surface area contributed by atoms with E-state index in [-0.39, 0.29) is 15.8 Å². The standard InChI is InChI=1S/C19H29N5O5S3/c1-14-5-8-17(31(20,25)26)11-18(14)32(27,28)23-19(21-2)22-9-10-30-13-16-7-6-15(29-16)12-24(3)4/h5-8,11H,9-10,12-13H2,1-4H3,(H2,20,25,26)(H2,21,22,23). The molecule has 0 aliphatic rings. The first-order valence-corrected chi connectivity index (χ1v) is 13.8. The normalized spacial score (nSPS) is 12.9. The maximum absolute atomic E-state index is 12.8. The van der Waals surface area contributed by atoms with Crippen LogP contribution in [0.1, 0.15) is 17.1 Å². The Bertz CT molecular complexity index is 1160. The molecule has 0 fully saturated rings. The molecule has 0 amide bonds. The van der Waals surface area contributed by atoms with Gasteiger partial charge in [-0.15, -0.1) is 0 Å². The van der Waals surface area contributed by atoms with Crippen LogP contribution in [0, 0.1) is 6.92 Å². The summed E-state index contributed by atoms with van der Waals surface area (Å²) < 4.78 is 56.8. The Kier molecular flexibility index (Phi) is 9.16. The maximum atomic E-state index is 12.8. The number of rotatable bonds is 10. The van der Waals surface area contributed by atoms with Crippen LogP contribution in [0.4, 0.5) is 0 Å². The number of benzene rings is 1. The molecule has 0 saturated heterocycles. The van der Waals surface area contributed by atoms with E-state index in [2.05, 4.69) is 15.0 Å². The summed E-state index contributed by atoms with van der Waals surface area (Å²) in [5, 5.41) is 8.05. The predicted octanol–water partition coefficient (Wildman–Crippen LogP) is 1.08. The van der Waals surface area contributed by atoms with Crippen molar-refractivity contribution >= 4 is 37.8 Å². The lowest BCUT2D eigenvalue weighted by Gasteiger charge is -2.14. The highest BCUT2D eigenvalue weighted by Crippen LogP contribution is 2.19. The average molecular weight is 504 g/mol. The lowest BCUT2D eigenvalue weighted by Crippen LogP contribution is -2.42. The molecule has 0 unspecified atom stereocenters. The van der Waals surface area contributed by atoms with Crippen LogP contribution < -0.4 is 15.2 Å². The maximum Gasteiger partial charge on any atom is 0.264 e. The Morgan fingerprint density at radius 1 is 1.16 bits per heavy atom. The summed E-state index contributed by atoms with van der Waals surface area (Å²) in [5.41, 5.74) is 0.378. The molecule has 2 aromatic rings. The number of aliphatic imine (C=N–C) groups is 1. The fourth-order valence-corrected chi connectivity index (χ4v) is 5.36. The molecule has 2 rings (SSSR count). The van der Waals surface area contributed by atoms with Gasteiger partial charge in [0.15, 0.2) is 0 Å². The largest absolute Gasteiger partial charge is 0.464 e. The van der Waals surface area contributed by atoms with Gasteiger partial charge >= 0.3 is 0 Å². The summed E-state index contributed by atoms with van der Waals surface area (Å²) in [6, 6.07) is 7.59. The summed E-state index contributed by atoms with van der Waals surface area (Å²) in [5.74, 6) is 3.21. The minimum atomic E-state index is -4.07. The summed E-state index contributed by atoms with van der Waals surface area (Å²) in [6.45, 7) is 2.76. The number of nitrogens with two attached hydrogens (primary N) is 1. The highest BCUT2D eigenvalue weighted by molar-refractivity contribution is 7.98. The second kappa shape index (κ2) is 11.2. The molecule has 13 heteroatoms. The Hall–Kier alpha value is -2.06. The van der Waals surface area contributed by atoms with Gasteiger partial charge in [0.05, 0.1) is 22.1 Å². The van der Waals surface area contributed by atoms with Crippen LogP contribution in [-0.4, -0.2) is 61.1 Å². The van der Waals surface area contributed by atoms with E-state index >= 15 is 0 Å². The first-order chi connectivity index (χ1) is 14.9. The van der Waals surface area contributed by atoms with Crippen molar-refractivity contribution in [1.29, 1.82) is 0 Å². The molecule has 0 atom stereocenters. The molecule has 0 spiro atoms. The van der Waals surface area contributed by atoms with Crippen molar-refractivity contribution in [2.45, 2.75) is 29.0 Å². The van der Waals surface area contributed by atoms with E-state index in [0.29, 0.717) is 23.6 Å². The molecule has 0 aliphatic carbocycles. The third-order valence-corrected chi connectivity index (χ3v) is 7.58. The Morgan fingerprint density at radius 3 is 2.47 bits per heavy atom. The summed E-state index contributed by atoms with van der Waals surface area (Å²) in [6.07, 6.45) is 0. The van der Waals surface area contributed by atoms with Gasteiger partial charge in [-0.05, 0) is 50.8 Å². The number of sulfonamides is 2. The van der Waals surface area contributed by atoms with Crippen LogP contribution in [0.2, 0.25) is 0 Å². The van der Waals surface area contributed by atoms with Crippen LogP contribution in [0.15, 0.2) is 49.5 Å². The van der Waals surface area contributed by atoms with Crippen molar-refractivity contribution in [1.82, 2.24) is 14.9 Å². The summed E-state index contributed by atoms with van der Waals surface area (Å²) in [7, 11) is -2.71. The van der Waals surface area contributed by atoms with E-state index in [9.17, 15) is 16.8 Å². The van der Waals surface area contributed by atoms with Crippen molar-refractivity contribution in [3.63, 3.8) is 0 Å². The molecule has 0 aliphatic heterocycles. The van der Waals surface area contributed by atoms with E-state index in [4.69, 9.17) is 9.56 Å². The zero-order valence-corrected chi connectivity index (χ0v) is 20.9. The van der Waals surface area contributed by atoms with Gasteiger partial charge in [-0.1, -0.05) is 6.07 Å². The average Bonchev–Trinajstić information content (AvgIpc) is 3.12. The van der Waals surface area contributed by atoms with Crippen molar-refractivity contribution in [2.24, 2.45) is 10.1 Å². The third-order valence-electron chi connectivity index (χ3n) is 4.20. The van der Waals surface area contributed by atoms with Gasteiger partial charge < -0.3 is 14.6 Å². The monoisotopic (exact) mass is 503 g/mol. The second-order valence-corrected chi connectivity index (χ2v) is 11.6. The zero-order valence-electron chi connectivity index (χ0n) is 18.5. The molecule has 4 N–H and O–H groups in total. The van der Waals surface area contributed by atoms with Gasteiger partial charge in [-0.25, -0.2) is 26.7 Å². The number of nitrogens with one attached hydrogen (secondary N) is 2. The number of thioether (sulfide) groups is 1. The first kappa shape index (κ1) is 26.2.